The van der Waals surface area contributed by atoms with E-state index in [1.165, 1.54) is 5.56 Å². The Bertz CT molecular complexity index is 540. The largest absolute Gasteiger partial charge is 0.387 e. The molecule has 98 valence electrons. The van der Waals surface area contributed by atoms with Gasteiger partial charge in [0.2, 0.25) is 0 Å². The number of aliphatic hydroxyl groups excluding tert-OH is 1. The maximum absolute atomic E-state index is 10.2. The maximum atomic E-state index is 10.2. The van der Waals surface area contributed by atoms with E-state index in [1.807, 2.05) is 42.5 Å². The van der Waals surface area contributed by atoms with Crippen molar-refractivity contribution in [2.24, 2.45) is 0 Å². The van der Waals surface area contributed by atoms with Crippen LogP contribution in [0.15, 0.2) is 54.6 Å². The number of hydrogen-bond acceptors (Lipinski definition) is 2. The van der Waals surface area contributed by atoms with E-state index in [0.717, 1.165) is 17.1 Å². The van der Waals surface area contributed by atoms with Gasteiger partial charge in [-0.15, -0.1) is 0 Å². The SMILES string of the molecule is OC(CN1CC1c1ccc(Cl)cc1)c1ccccc1. The van der Waals surface area contributed by atoms with E-state index in [0.29, 0.717) is 12.6 Å². The minimum Gasteiger partial charge on any atom is -0.387 e. The van der Waals surface area contributed by atoms with E-state index in [-0.39, 0.29) is 0 Å². The summed E-state index contributed by atoms with van der Waals surface area (Å²) in [6.45, 7) is 1.68. The molecule has 2 aromatic carbocycles. The van der Waals surface area contributed by atoms with Crippen LogP contribution in [0.3, 0.4) is 0 Å². The molecule has 1 N–H and O–H groups in total. The molecule has 3 heteroatoms. The highest BCUT2D eigenvalue weighted by Crippen LogP contribution is 2.36. The summed E-state index contributed by atoms with van der Waals surface area (Å²) in [4.78, 5) is 2.26. The first kappa shape index (κ1) is 12.7. The molecule has 0 radical (unpaired) electrons. The van der Waals surface area contributed by atoms with Crippen LogP contribution in [0, 0.1) is 0 Å². The third-order valence-corrected chi connectivity index (χ3v) is 3.81. The molecule has 3 unspecified atom stereocenters. The van der Waals surface area contributed by atoms with Crippen LogP contribution in [-0.4, -0.2) is 23.1 Å². The lowest BCUT2D eigenvalue weighted by molar-refractivity contribution is 0.153. The summed E-state index contributed by atoms with van der Waals surface area (Å²) in [5, 5.41) is 10.9. The highest BCUT2D eigenvalue weighted by atomic mass is 35.5. The zero-order chi connectivity index (χ0) is 13.2. The van der Waals surface area contributed by atoms with Crippen LogP contribution in [0.4, 0.5) is 0 Å². The molecular formula is C16H16ClNO. The normalized spacial score (nSPS) is 23.1. The van der Waals surface area contributed by atoms with E-state index in [4.69, 9.17) is 11.6 Å². The minimum atomic E-state index is -0.418. The molecule has 1 aliphatic heterocycles. The molecule has 1 aliphatic rings. The number of nitrogens with zero attached hydrogens (tertiary/aromatic N) is 1. The molecule has 3 atom stereocenters. The number of hydrogen-bond donors (Lipinski definition) is 1. The zero-order valence-corrected chi connectivity index (χ0v) is 11.3. The van der Waals surface area contributed by atoms with Crippen molar-refractivity contribution in [2.45, 2.75) is 12.1 Å². The molecule has 19 heavy (non-hydrogen) atoms. The van der Waals surface area contributed by atoms with Crippen molar-refractivity contribution in [1.82, 2.24) is 4.90 Å². The van der Waals surface area contributed by atoms with Gasteiger partial charge in [-0.1, -0.05) is 54.1 Å². The second kappa shape index (κ2) is 5.33. The van der Waals surface area contributed by atoms with Crippen LogP contribution in [0.1, 0.15) is 23.3 Å². The quantitative estimate of drug-likeness (QED) is 0.863. The molecule has 0 amide bonds. The molecule has 2 nitrogen and oxygen atoms in total. The highest BCUT2D eigenvalue weighted by molar-refractivity contribution is 6.30. The molecule has 3 rings (SSSR count). The fourth-order valence-corrected chi connectivity index (χ4v) is 2.51. The summed E-state index contributed by atoms with van der Waals surface area (Å²) >= 11 is 5.88. The lowest BCUT2D eigenvalue weighted by Gasteiger charge is -2.12. The van der Waals surface area contributed by atoms with Gasteiger partial charge in [-0.05, 0) is 23.3 Å². The summed E-state index contributed by atoms with van der Waals surface area (Å²) in [5.41, 5.74) is 2.24. The Kier molecular flexibility index (Phi) is 3.56. The standard InChI is InChI=1S/C16H16ClNO/c17-14-8-6-12(7-9-14)15-10-18(15)11-16(19)13-4-2-1-3-5-13/h1-9,15-16,19H,10-11H2. The minimum absolute atomic E-state index is 0.418. The predicted octanol–water partition coefficient (Wildman–Crippen LogP) is 3.43. The summed E-state index contributed by atoms with van der Waals surface area (Å²) in [6, 6.07) is 18.2. The first-order valence-corrected chi connectivity index (χ1v) is 6.84. The van der Waals surface area contributed by atoms with Crippen LogP contribution >= 0.6 is 11.6 Å². The first-order valence-electron chi connectivity index (χ1n) is 6.46. The van der Waals surface area contributed by atoms with Gasteiger partial charge in [-0.25, -0.2) is 0 Å². The Hall–Kier alpha value is -1.35. The molecule has 0 aromatic heterocycles. The number of benzene rings is 2. The van der Waals surface area contributed by atoms with Gasteiger partial charge in [0.05, 0.1) is 6.10 Å². The predicted molar refractivity (Wildman–Crippen MR) is 77.2 cm³/mol. The smallest absolute Gasteiger partial charge is 0.0917 e. The molecule has 2 aromatic rings. The topological polar surface area (TPSA) is 23.2 Å². The molecule has 0 spiro atoms. The van der Waals surface area contributed by atoms with Crippen molar-refractivity contribution in [1.29, 1.82) is 0 Å². The molecular weight excluding hydrogens is 258 g/mol. The number of rotatable bonds is 4. The second-order valence-corrected chi connectivity index (χ2v) is 5.38. The fraction of sp³-hybridized carbons (Fsp3) is 0.250. The third-order valence-electron chi connectivity index (χ3n) is 3.56. The fourth-order valence-electron chi connectivity index (χ4n) is 2.38. The second-order valence-electron chi connectivity index (χ2n) is 4.95. The van der Waals surface area contributed by atoms with Gasteiger partial charge in [-0.3, -0.25) is 4.90 Å². The van der Waals surface area contributed by atoms with Gasteiger partial charge in [0.25, 0.3) is 0 Å². The van der Waals surface area contributed by atoms with E-state index in [2.05, 4.69) is 17.0 Å². The monoisotopic (exact) mass is 273 g/mol. The van der Waals surface area contributed by atoms with Crippen LogP contribution in [0.5, 0.6) is 0 Å². The van der Waals surface area contributed by atoms with Crippen molar-refractivity contribution in [2.75, 3.05) is 13.1 Å². The van der Waals surface area contributed by atoms with Crippen molar-refractivity contribution >= 4 is 11.6 Å². The molecule has 1 saturated heterocycles. The lowest BCUT2D eigenvalue weighted by atomic mass is 10.1. The third kappa shape index (κ3) is 2.98. The Morgan fingerprint density at radius 2 is 1.79 bits per heavy atom. The van der Waals surface area contributed by atoms with Gasteiger partial charge >= 0.3 is 0 Å². The summed E-state index contributed by atoms with van der Waals surface area (Å²) in [5.74, 6) is 0. The van der Waals surface area contributed by atoms with Gasteiger partial charge in [0, 0.05) is 24.2 Å². The Labute approximate surface area is 118 Å². The number of aliphatic hydroxyl groups is 1. The maximum Gasteiger partial charge on any atom is 0.0917 e. The first-order chi connectivity index (χ1) is 9.24. The van der Waals surface area contributed by atoms with E-state index >= 15 is 0 Å². The summed E-state index contributed by atoms with van der Waals surface area (Å²) in [7, 11) is 0. The van der Waals surface area contributed by atoms with E-state index < -0.39 is 6.10 Å². The van der Waals surface area contributed by atoms with Crippen molar-refractivity contribution in [3.63, 3.8) is 0 Å². The van der Waals surface area contributed by atoms with Crippen molar-refractivity contribution in [3.8, 4) is 0 Å². The van der Waals surface area contributed by atoms with Gasteiger partial charge in [0.15, 0.2) is 0 Å². The molecule has 0 bridgehead atoms. The summed E-state index contributed by atoms with van der Waals surface area (Å²) in [6.07, 6.45) is -0.418. The van der Waals surface area contributed by atoms with Gasteiger partial charge < -0.3 is 5.11 Å². The van der Waals surface area contributed by atoms with E-state index in [9.17, 15) is 5.11 Å². The van der Waals surface area contributed by atoms with Crippen LogP contribution in [0.25, 0.3) is 0 Å². The lowest BCUT2D eigenvalue weighted by Crippen LogP contribution is -2.11. The number of β-amino-alcohol motifs (C(OH)–C–C–N with tert-alkyl or cyclic N) is 1. The average Bonchev–Trinajstić information content (AvgIpc) is 3.20. The van der Waals surface area contributed by atoms with E-state index in [1.54, 1.807) is 0 Å². The Morgan fingerprint density at radius 3 is 2.47 bits per heavy atom. The van der Waals surface area contributed by atoms with Crippen molar-refractivity contribution < 1.29 is 5.11 Å². The highest BCUT2D eigenvalue weighted by Gasteiger charge is 2.36. The van der Waals surface area contributed by atoms with Crippen LogP contribution in [0.2, 0.25) is 5.02 Å². The number of halogens is 1. The Balaban J connectivity index is 1.60. The average molecular weight is 274 g/mol. The molecule has 0 aliphatic carbocycles. The zero-order valence-electron chi connectivity index (χ0n) is 10.5. The van der Waals surface area contributed by atoms with Crippen molar-refractivity contribution in [3.05, 3.63) is 70.7 Å². The van der Waals surface area contributed by atoms with Crippen LogP contribution in [-0.2, 0) is 0 Å². The summed E-state index contributed by atoms with van der Waals surface area (Å²) < 4.78 is 0. The van der Waals surface area contributed by atoms with Gasteiger partial charge in [0.1, 0.15) is 0 Å². The van der Waals surface area contributed by atoms with Gasteiger partial charge in [-0.2, -0.15) is 0 Å². The molecule has 1 fully saturated rings. The Morgan fingerprint density at radius 1 is 1.11 bits per heavy atom. The molecule has 1 heterocycles. The molecule has 0 saturated carbocycles. The van der Waals surface area contributed by atoms with Crippen LogP contribution < -0.4 is 0 Å².